The maximum atomic E-state index is 5.62. The molecule has 17 heavy (non-hydrogen) atoms. The van der Waals surface area contributed by atoms with Crippen molar-refractivity contribution in [3.63, 3.8) is 0 Å². The highest BCUT2D eigenvalue weighted by molar-refractivity contribution is 5.27. The van der Waals surface area contributed by atoms with Gasteiger partial charge in [-0.25, -0.2) is 0 Å². The molecule has 1 heterocycles. The molecule has 1 aromatic carbocycles. The summed E-state index contributed by atoms with van der Waals surface area (Å²) >= 11 is 0. The lowest BCUT2D eigenvalue weighted by Gasteiger charge is -2.12. The number of nitrogens with two attached hydrogens (primary N) is 1. The summed E-state index contributed by atoms with van der Waals surface area (Å²) in [4.78, 5) is 0. The molecule has 0 spiro atoms. The maximum Gasteiger partial charge on any atom is 0.0507 e. The van der Waals surface area contributed by atoms with Gasteiger partial charge in [0.2, 0.25) is 0 Å². The minimum atomic E-state index is 0.691. The largest absolute Gasteiger partial charge is 0.381 e. The van der Waals surface area contributed by atoms with E-state index in [2.05, 4.69) is 29.6 Å². The highest BCUT2D eigenvalue weighted by Crippen LogP contribution is 2.12. The normalized spacial score (nSPS) is 19.7. The van der Waals surface area contributed by atoms with Crippen LogP contribution in [0.15, 0.2) is 24.3 Å². The number of benzene rings is 1. The number of hydrogen-bond acceptors (Lipinski definition) is 3. The summed E-state index contributed by atoms with van der Waals surface area (Å²) in [5.41, 5.74) is 8.36. The number of rotatable bonds is 6. The van der Waals surface area contributed by atoms with Gasteiger partial charge < -0.3 is 15.8 Å². The van der Waals surface area contributed by atoms with E-state index >= 15 is 0 Å². The Balaban J connectivity index is 1.80. The summed E-state index contributed by atoms with van der Waals surface area (Å²) in [6, 6.07) is 8.53. The number of hydrogen-bond donors (Lipinski definition) is 2. The predicted octanol–water partition coefficient (Wildman–Crippen LogP) is 1.31. The molecule has 3 nitrogen and oxygen atoms in total. The number of ether oxygens (including phenoxy) is 1. The summed E-state index contributed by atoms with van der Waals surface area (Å²) in [7, 11) is 0. The Morgan fingerprint density at radius 2 is 2.12 bits per heavy atom. The molecule has 1 saturated heterocycles. The fraction of sp³-hybridized carbons (Fsp3) is 0.571. The predicted molar refractivity (Wildman–Crippen MR) is 69.8 cm³/mol. The Morgan fingerprint density at radius 1 is 1.29 bits per heavy atom. The zero-order valence-corrected chi connectivity index (χ0v) is 10.3. The van der Waals surface area contributed by atoms with Gasteiger partial charge in [-0.1, -0.05) is 24.3 Å². The molecule has 1 unspecified atom stereocenters. The van der Waals surface area contributed by atoms with E-state index in [9.17, 15) is 0 Å². The highest BCUT2D eigenvalue weighted by atomic mass is 16.5. The molecule has 0 aliphatic carbocycles. The zero-order chi connectivity index (χ0) is 11.9. The molecule has 1 aliphatic heterocycles. The second kappa shape index (κ2) is 6.74. The Hall–Kier alpha value is -0.900. The van der Waals surface area contributed by atoms with E-state index < -0.39 is 0 Å². The van der Waals surface area contributed by atoms with E-state index in [1.165, 1.54) is 17.5 Å². The average Bonchev–Trinajstić information content (AvgIpc) is 2.85. The summed E-state index contributed by atoms with van der Waals surface area (Å²) in [6.45, 7) is 4.55. The van der Waals surface area contributed by atoms with Crippen molar-refractivity contribution in [2.75, 3.05) is 26.3 Å². The molecule has 1 fully saturated rings. The van der Waals surface area contributed by atoms with Crippen molar-refractivity contribution in [2.24, 2.45) is 11.7 Å². The molecule has 1 aromatic rings. The van der Waals surface area contributed by atoms with E-state index in [1.54, 1.807) is 0 Å². The quantitative estimate of drug-likeness (QED) is 0.780. The van der Waals surface area contributed by atoms with E-state index in [-0.39, 0.29) is 0 Å². The van der Waals surface area contributed by atoms with Gasteiger partial charge in [-0.05, 0) is 36.4 Å². The molecular weight excluding hydrogens is 212 g/mol. The highest BCUT2D eigenvalue weighted by Gasteiger charge is 2.14. The lowest BCUT2D eigenvalue weighted by molar-refractivity contribution is 0.185. The van der Waals surface area contributed by atoms with Crippen molar-refractivity contribution < 1.29 is 4.74 Å². The van der Waals surface area contributed by atoms with Gasteiger partial charge in [0.05, 0.1) is 6.61 Å². The second-order valence-corrected chi connectivity index (χ2v) is 4.67. The molecule has 94 valence electrons. The van der Waals surface area contributed by atoms with Crippen molar-refractivity contribution in [2.45, 2.75) is 19.4 Å². The van der Waals surface area contributed by atoms with E-state index in [4.69, 9.17) is 10.5 Å². The molecule has 0 saturated carbocycles. The molecule has 0 bridgehead atoms. The zero-order valence-electron chi connectivity index (χ0n) is 10.3. The first-order valence-corrected chi connectivity index (χ1v) is 6.45. The van der Waals surface area contributed by atoms with Crippen molar-refractivity contribution in [1.29, 1.82) is 0 Å². The van der Waals surface area contributed by atoms with Crippen LogP contribution in [0, 0.1) is 5.92 Å². The molecule has 3 heteroatoms. The van der Waals surface area contributed by atoms with Crippen LogP contribution in [0.5, 0.6) is 0 Å². The van der Waals surface area contributed by atoms with Crippen LogP contribution in [-0.4, -0.2) is 26.3 Å². The topological polar surface area (TPSA) is 47.3 Å². The molecule has 0 radical (unpaired) electrons. The first kappa shape index (κ1) is 12.6. The van der Waals surface area contributed by atoms with E-state index in [1.807, 2.05) is 0 Å². The lowest BCUT2D eigenvalue weighted by Crippen LogP contribution is -2.23. The molecule has 1 aliphatic rings. The van der Waals surface area contributed by atoms with Crippen LogP contribution >= 0.6 is 0 Å². The van der Waals surface area contributed by atoms with Gasteiger partial charge >= 0.3 is 0 Å². The van der Waals surface area contributed by atoms with Crippen molar-refractivity contribution in [1.82, 2.24) is 5.32 Å². The third-order valence-corrected chi connectivity index (χ3v) is 3.30. The Labute approximate surface area is 103 Å². The molecule has 2 rings (SSSR count). The minimum Gasteiger partial charge on any atom is -0.381 e. The molecule has 0 amide bonds. The summed E-state index contributed by atoms with van der Waals surface area (Å²) in [5.74, 6) is 0.691. The van der Waals surface area contributed by atoms with Crippen LogP contribution in [0.4, 0.5) is 0 Å². The third kappa shape index (κ3) is 3.80. The van der Waals surface area contributed by atoms with E-state index in [0.29, 0.717) is 12.5 Å². The van der Waals surface area contributed by atoms with Crippen molar-refractivity contribution in [3.8, 4) is 0 Å². The second-order valence-electron chi connectivity index (χ2n) is 4.67. The Morgan fingerprint density at radius 3 is 2.82 bits per heavy atom. The molecule has 3 N–H and O–H groups in total. The van der Waals surface area contributed by atoms with Gasteiger partial charge in [0.1, 0.15) is 0 Å². The standard InChI is InChI=1S/C14H22N2O/c15-7-5-13-3-1-2-4-14(13)10-16-9-12-6-8-17-11-12/h1-4,12,16H,5-11,15H2. The van der Waals surface area contributed by atoms with E-state index in [0.717, 1.165) is 32.7 Å². The first-order valence-electron chi connectivity index (χ1n) is 6.45. The average molecular weight is 234 g/mol. The van der Waals surface area contributed by atoms with Crippen LogP contribution in [0.3, 0.4) is 0 Å². The number of nitrogens with one attached hydrogen (secondary N) is 1. The first-order chi connectivity index (χ1) is 8.40. The maximum absolute atomic E-state index is 5.62. The summed E-state index contributed by atoms with van der Waals surface area (Å²) in [5, 5.41) is 3.52. The Bertz CT molecular complexity index is 335. The SMILES string of the molecule is NCCc1ccccc1CNCC1CCOC1. The molecular formula is C14H22N2O. The van der Waals surface area contributed by atoms with Crippen LogP contribution in [0.1, 0.15) is 17.5 Å². The van der Waals surface area contributed by atoms with Crippen LogP contribution in [-0.2, 0) is 17.7 Å². The van der Waals surface area contributed by atoms with Crippen LogP contribution in [0.2, 0.25) is 0 Å². The Kier molecular flexibility index (Phi) is 4.98. The van der Waals surface area contributed by atoms with Crippen molar-refractivity contribution in [3.05, 3.63) is 35.4 Å². The molecule has 1 atom stereocenters. The summed E-state index contributed by atoms with van der Waals surface area (Å²) < 4.78 is 5.37. The van der Waals surface area contributed by atoms with Crippen LogP contribution < -0.4 is 11.1 Å². The lowest BCUT2D eigenvalue weighted by atomic mass is 10.0. The third-order valence-electron chi connectivity index (χ3n) is 3.30. The van der Waals surface area contributed by atoms with Gasteiger partial charge in [-0.15, -0.1) is 0 Å². The van der Waals surface area contributed by atoms with Gasteiger partial charge in [-0.3, -0.25) is 0 Å². The molecule has 0 aromatic heterocycles. The van der Waals surface area contributed by atoms with Crippen LogP contribution in [0.25, 0.3) is 0 Å². The van der Waals surface area contributed by atoms with Gasteiger partial charge in [-0.2, -0.15) is 0 Å². The van der Waals surface area contributed by atoms with Gasteiger partial charge in [0.25, 0.3) is 0 Å². The monoisotopic (exact) mass is 234 g/mol. The summed E-state index contributed by atoms with van der Waals surface area (Å²) in [6.07, 6.45) is 2.15. The van der Waals surface area contributed by atoms with Crippen molar-refractivity contribution >= 4 is 0 Å². The smallest absolute Gasteiger partial charge is 0.0507 e. The fourth-order valence-electron chi connectivity index (χ4n) is 2.28. The fourth-order valence-corrected chi connectivity index (χ4v) is 2.28. The van der Waals surface area contributed by atoms with Gasteiger partial charge in [0.15, 0.2) is 0 Å². The van der Waals surface area contributed by atoms with Gasteiger partial charge in [0, 0.05) is 19.7 Å². The minimum absolute atomic E-state index is 0.691.